The van der Waals surface area contributed by atoms with E-state index >= 15 is 0 Å². The minimum absolute atomic E-state index is 0.130. The summed E-state index contributed by atoms with van der Waals surface area (Å²) in [5.74, 6) is 0. The topological polar surface area (TPSA) is 29.9 Å². The zero-order chi connectivity index (χ0) is 15.6. The van der Waals surface area contributed by atoms with Crippen LogP contribution in [0.3, 0.4) is 0 Å². The van der Waals surface area contributed by atoms with Crippen molar-refractivity contribution in [3.05, 3.63) is 38.8 Å². The molecule has 0 spiro atoms. The van der Waals surface area contributed by atoms with Crippen molar-refractivity contribution in [2.75, 3.05) is 0 Å². The van der Waals surface area contributed by atoms with Crippen LogP contribution in [0.4, 0.5) is 0 Å². The monoisotopic (exact) mass is 305 g/mol. The van der Waals surface area contributed by atoms with Crippen molar-refractivity contribution in [3.8, 4) is 0 Å². The number of nitrogens with zero attached hydrogens (tertiary/aromatic N) is 2. The molecule has 3 nitrogen and oxygen atoms in total. The quantitative estimate of drug-likeness (QED) is 0.903. The van der Waals surface area contributed by atoms with Gasteiger partial charge in [-0.2, -0.15) is 5.10 Å². The molecule has 2 heterocycles. The van der Waals surface area contributed by atoms with Crippen molar-refractivity contribution in [3.63, 3.8) is 0 Å². The van der Waals surface area contributed by atoms with Crippen molar-refractivity contribution in [1.29, 1.82) is 0 Å². The predicted molar refractivity (Wildman–Crippen MR) is 91.1 cm³/mol. The van der Waals surface area contributed by atoms with Crippen LogP contribution >= 0.6 is 11.3 Å². The van der Waals surface area contributed by atoms with Crippen molar-refractivity contribution in [2.24, 2.45) is 0 Å². The van der Waals surface area contributed by atoms with Crippen LogP contribution in [0.2, 0.25) is 0 Å². The minimum Gasteiger partial charge on any atom is -0.308 e. The van der Waals surface area contributed by atoms with Gasteiger partial charge >= 0.3 is 0 Å². The van der Waals surface area contributed by atoms with Gasteiger partial charge in [-0.15, -0.1) is 11.3 Å². The van der Waals surface area contributed by atoms with Crippen LogP contribution in [0.25, 0.3) is 0 Å². The third kappa shape index (κ3) is 4.17. The highest BCUT2D eigenvalue weighted by molar-refractivity contribution is 7.11. The molecule has 2 aromatic heterocycles. The molecule has 0 amide bonds. The second-order valence-corrected chi connectivity index (χ2v) is 7.89. The van der Waals surface area contributed by atoms with E-state index in [1.54, 1.807) is 0 Å². The molecule has 0 fully saturated rings. The summed E-state index contributed by atoms with van der Waals surface area (Å²) < 4.78 is 2.14. The SMILES string of the molecule is CCc1ccc(Cn2nc(C)c(CNC(C)(C)C)c2C)s1. The summed E-state index contributed by atoms with van der Waals surface area (Å²) >= 11 is 1.89. The molecule has 0 atom stereocenters. The molecule has 0 aliphatic heterocycles. The summed E-state index contributed by atoms with van der Waals surface area (Å²) in [6.07, 6.45) is 1.11. The van der Waals surface area contributed by atoms with Gasteiger partial charge in [0.2, 0.25) is 0 Å². The average molecular weight is 305 g/mol. The van der Waals surface area contributed by atoms with Crippen LogP contribution in [0.5, 0.6) is 0 Å². The van der Waals surface area contributed by atoms with Gasteiger partial charge in [-0.25, -0.2) is 0 Å². The Kier molecular flexibility index (Phi) is 4.89. The number of hydrogen-bond acceptors (Lipinski definition) is 3. The Bertz CT molecular complexity index is 602. The second-order valence-electron chi connectivity index (χ2n) is 6.63. The average Bonchev–Trinajstić information content (AvgIpc) is 2.93. The third-order valence-corrected chi connectivity index (χ3v) is 4.91. The number of rotatable bonds is 5. The molecule has 0 aliphatic rings. The first kappa shape index (κ1) is 16.2. The molecule has 0 saturated heterocycles. The maximum absolute atomic E-state index is 4.72. The first-order valence-corrected chi connectivity index (χ1v) is 8.47. The zero-order valence-electron chi connectivity index (χ0n) is 14.1. The molecule has 0 aliphatic carbocycles. The van der Waals surface area contributed by atoms with Gasteiger partial charge in [0.05, 0.1) is 12.2 Å². The molecule has 116 valence electrons. The molecular weight excluding hydrogens is 278 g/mol. The summed E-state index contributed by atoms with van der Waals surface area (Å²) in [6, 6.07) is 4.46. The van der Waals surface area contributed by atoms with E-state index < -0.39 is 0 Å². The number of aromatic nitrogens is 2. The number of nitrogens with one attached hydrogen (secondary N) is 1. The predicted octanol–water partition coefficient (Wildman–Crippen LogP) is 4.06. The van der Waals surface area contributed by atoms with Gasteiger partial charge in [-0.05, 0) is 53.2 Å². The van der Waals surface area contributed by atoms with E-state index in [4.69, 9.17) is 5.10 Å². The van der Waals surface area contributed by atoms with E-state index in [2.05, 4.69) is 63.7 Å². The summed E-state index contributed by atoms with van der Waals surface area (Å²) in [4.78, 5) is 2.83. The van der Waals surface area contributed by atoms with Gasteiger partial charge in [-0.1, -0.05) is 6.92 Å². The highest BCUT2D eigenvalue weighted by atomic mass is 32.1. The Labute approximate surface area is 132 Å². The van der Waals surface area contributed by atoms with E-state index in [0.717, 1.165) is 25.2 Å². The third-order valence-electron chi connectivity index (χ3n) is 3.70. The lowest BCUT2D eigenvalue weighted by Crippen LogP contribution is -2.35. The van der Waals surface area contributed by atoms with Crippen LogP contribution in [-0.4, -0.2) is 15.3 Å². The molecule has 0 saturated carbocycles. The van der Waals surface area contributed by atoms with Crippen molar-refractivity contribution in [1.82, 2.24) is 15.1 Å². The van der Waals surface area contributed by atoms with Crippen LogP contribution in [0.15, 0.2) is 12.1 Å². The zero-order valence-corrected chi connectivity index (χ0v) is 14.9. The molecule has 0 bridgehead atoms. The lowest BCUT2D eigenvalue weighted by molar-refractivity contribution is 0.423. The van der Waals surface area contributed by atoms with Crippen molar-refractivity contribution in [2.45, 2.75) is 66.6 Å². The smallest absolute Gasteiger partial charge is 0.0755 e. The molecule has 4 heteroatoms. The summed E-state index contributed by atoms with van der Waals surface area (Å²) in [7, 11) is 0. The van der Waals surface area contributed by atoms with Gasteiger partial charge in [-0.3, -0.25) is 4.68 Å². The van der Waals surface area contributed by atoms with Gasteiger partial charge in [0.25, 0.3) is 0 Å². The minimum atomic E-state index is 0.130. The Morgan fingerprint density at radius 3 is 2.43 bits per heavy atom. The van der Waals surface area contributed by atoms with Crippen LogP contribution in [0.1, 0.15) is 54.4 Å². The number of thiophene rings is 1. The second kappa shape index (κ2) is 6.32. The fourth-order valence-corrected chi connectivity index (χ4v) is 3.28. The lowest BCUT2D eigenvalue weighted by atomic mass is 10.1. The Morgan fingerprint density at radius 1 is 1.19 bits per heavy atom. The molecule has 0 unspecified atom stereocenters. The first-order chi connectivity index (χ1) is 9.80. The van der Waals surface area contributed by atoms with Gasteiger partial charge in [0.15, 0.2) is 0 Å². The van der Waals surface area contributed by atoms with Crippen molar-refractivity contribution < 1.29 is 0 Å². The molecule has 0 aromatic carbocycles. The lowest BCUT2D eigenvalue weighted by Gasteiger charge is -2.20. The van der Waals surface area contributed by atoms with E-state index in [9.17, 15) is 0 Å². The fourth-order valence-electron chi connectivity index (χ4n) is 2.34. The summed E-state index contributed by atoms with van der Waals surface area (Å²) in [5, 5.41) is 8.28. The standard InChI is InChI=1S/C17H27N3S/c1-7-14-8-9-15(21-14)11-20-13(3)16(12(2)19-20)10-18-17(4,5)6/h8-9,18H,7,10-11H2,1-6H3. The van der Waals surface area contributed by atoms with E-state index in [1.807, 2.05) is 11.3 Å². The molecule has 0 radical (unpaired) electrons. The molecule has 2 aromatic rings. The maximum atomic E-state index is 4.72. The van der Waals surface area contributed by atoms with Crippen LogP contribution in [0, 0.1) is 13.8 Å². The Hall–Kier alpha value is -1.13. The molecule has 21 heavy (non-hydrogen) atoms. The molecule has 1 N–H and O–H groups in total. The molecular formula is C17H27N3S. The molecule has 2 rings (SSSR count). The Morgan fingerprint density at radius 2 is 1.86 bits per heavy atom. The van der Waals surface area contributed by atoms with E-state index in [-0.39, 0.29) is 5.54 Å². The highest BCUT2D eigenvalue weighted by Crippen LogP contribution is 2.20. The van der Waals surface area contributed by atoms with Crippen LogP contribution < -0.4 is 5.32 Å². The highest BCUT2D eigenvalue weighted by Gasteiger charge is 2.15. The van der Waals surface area contributed by atoms with E-state index in [0.29, 0.717) is 0 Å². The van der Waals surface area contributed by atoms with Crippen molar-refractivity contribution >= 4 is 11.3 Å². The largest absolute Gasteiger partial charge is 0.308 e. The normalized spacial score (nSPS) is 12.1. The Balaban J connectivity index is 2.14. The summed E-state index contributed by atoms with van der Waals surface area (Å²) in [5.41, 5.74) is 3.87. The number of aryl methyl sites for hydroxylation is 2. The maximum Gasteiger partial charge on any atom is 0.0755 e. The van der Waals surface area contributed by atoms with Crippen LogP contribution in [-0.2, 0) is 19.5 Å². The first-order valence-electron chi connectivity index (χ1n) is 7.65. The van der Waals surface area contributed by atoms with Gasteiger partial charge < -0.3 is 5.32 Å². The van der Waals surface area contributed by atoms with Gasteiger partial charge in [0.1, 0.15) is 0 Å². The number of hydrogen-bond donors (Lipinski definition) is 1. The summed E-state index contributed by atoms with van der Waals surface area (Å²) in [6.45, 7) is 14.8. The van der Waals surface area contributed by atoms with Gasteiger partial charge in [0, 0.05) is 33.1 Å². The van der Waals surface area contributed by atoms with E-state index in [1.165, 1.54) is 21.0 Å². The fraction of sp³-hybridized carbons (Fsp3) is 0.588.